The van der Waals surface area contributed by atoms with Crippen molar-refractivity contribution in [1.82, 2.24) is 40.4 Å². The molecule has 1 aliphatic rings. The number of fused-ring (bicyclic) bond motifs is 2. The molecular formula is C30H28N8. The minimum absolute atomic E-state index is 0.758. The SMILES string of the molecule is c1ccc(-c2ccnc3[nH]c(-c4n[nH]c5ccc(-c6cncc(CNCC7CCCC7)c6)nc45)cc23)nc1. The Morgan fingerprint density at radius 2 is 1.87 bits per heavy atom. The number of H-pyrrole nitrogens is 2. The minimum Gasteiger partial charge on any atom is -0.338 e. The Hall–Kier alpha value is -4.43. The summed E-state index contributed by atoms with van der Waals surface area (Å²) in [5, 5.41) is 12.4. The lowest BCUT2D eigenvalue weighted by molar-refractivity contribution is 0.489. The van der Waals surface area contributed by atoms with Crippen LogP contribution >= 0.6 is 0 Å². The predicted octanol–water partition coefficient (Wildman–Crippen LogP) is 5.91. The molecule has 188 valence electrons. The molecule has 0 saturated heterocycles. The van der Waals surface area contributed by atoms with Gasteiger partial charge in [0, 0.05) is 47.8 Å². The average Bonchev–Trinajstić information content (AvgIpc) is 3.73. The first-order valence-electron chi connectivity index (χ1n) is 13.2. The van der Waals surface area contributed by atoms with Crippen molar-refractivity contribution < 1.29 is 0 Å². The van der Waals surface area contributed by atoms with Gasteiger partial charge in [0.2, 0.25) is 0 Å². The normalized spacial score (nSPS) is 14.1. The van der Waals surface area contributed by atoms with Gasteiger partial charge in [-0.25, -0.2) is 9.97 Å². The maximum absolute atomic E-state index is 5.01. The molecule has 8 nitrogen and oxygen atoms in total. The molecule has 8 heteroatoms. The summed E-state index contributed by atoms with van der Waals surface area (Å²) in [4.78, 5) is 22.0. The Balaban J connectivity index is 1.20. The van der Waals surface area contributed by atoms with Crippen LogP contribution in [0.25, 0.3) is 56.0 Å². The molecule has 38 heavy (non-hydrogen) atoms. The van der Waals surface area contributed by atoms with Crippen LogP contribution in [0.15, 0.2) is 73.3 Å². The van der Waals surface area contributed by atoms with E-state index < -0.39 is 0 Å². The van der Waals surface area contributed by atoms with Crippen molar-refractivity contribution in [1.29, 1.82) is 0 Å². The molecule has 3 N–H and O–H groups in total. The number of rotatable bonds is 7. The van der Waals surface area contributed by atoms with E-state index in [0.717, 1.165) is 75.0 Å². The molecule has 6 heterocycles. The molecule has 0 amide bonds. The highest BCUT2D eigenvalue weighted by molar-refractivity contribution is 5.98. The van der Waals surface area contributed by atoms with Crippen LogP contribution in [-0.2, 0) is 6.54 Å². The number of aromatic nitrogens is 7. The summed E-state index contributed by atoms with van der Waals surface area (Å²) >= 11 is 0. The first-order chi connectivity index (χ1) is 18.8. The van der Waals surface area contributed by atoms with Crippen molar-refractivity contribution in [2.24, 2.45) is 5.92 Å². The van der Waals surface area contributed by atoms with Gasteiger partial charge in [-0.3, -0.25) is 15.1 Å². The highest BCUT2D eigenvalue weighted by Gasteiger charge is 2.17. The second-order valence-electron chi connectivity index (χ2n) is 10.0. The Morgan fingerprint density at radius 3 is 2.76 bits per heavy atom. The maximum atomic E-state index is 5.01. The van der Waals surface area contributed by atoms with E-state index in [9.17, 15) is 0 Å². The van der Waals surface area contributed by atoms with Crippen LogP contribution in [0, 0.1) is 5.92 Å². The molecule has 0 unspecified atom stereocenters. The molecule has 1 aliphatic carbocycles. The Bertz CT molecular complexity index is 1710. The molecule has 0 spiro atoms. The topological polar surface area (TPSA) is 108 Å². The van der Waals surface area contributed by atoms with E-state index in [1.165, 1.54) is 31.2 Å². The maximum Gasteiger partial charge on any atom is 0.138 e. The Labute approximate surface area is 220 Å². The summed E-state index contributed by atoms with van der Waals surface area (Å²) in [6, 6.07) is 16.2. The first-order valence-corrected chi connectivity index (χ1v) is 13.2. The van der Waals surface area contributed by atoms with Crippen molar-refractivity contribution >= 4 is 22.1 Å². The number of aromatic amines is 2. The molecule has 6 aromatic heterocycles. The van der Waals surface area contributed by atoms with Gasteiger partial charge in [0.15, 0.2) is 0 Å². The van der Waals surface area contributed by atoms with Crippen molar-refractivity contribution in [3.8, 4) is 33.9 Å². The van der Waals surface area contributed by atoms with E-state index in [-0.39, 0.29) is 0 Å². The number of pyridine rings is 4. The summed E-state index contributed by atoms with van der Waals surface area (Å²) in [5.74, 6) is 0.814. The zero-order valence-corrected chi connectivity index (χ0v) is 21.0. The van der Waals surface area contributed by atoms with Crippen molar-refractivity contribution in [3.63, 3.8) is 0 Å². The summed E-state index contributed by atoms with van der Waals surface area (Å²) in [6.07, 6.45) is 12.8. The van der Waals surface area contributed by atoms with Crippen LogP contribution in [0.5, 0.6) is 0 Å². The Morgan fingerprint density at radius 1 is 0.921 bits per heavy atom. The molecule has 1 fully saturated rings. The van der Waals surface area contributed by atoms with Crippen LogP contribution in [0.3, 0.4) is 0 Å². The lowest BCUT2D eigenvalue weighted by Crippen LogP contribution is -2.20. The molecule has 0 atom stereocenters. The van der Waals surface area contributed by atoms with Crippen molar-refractivity contribution in [3.05, 3.63) is 78.9 Å². The predicted molar refractivity (Wildman–Crippen MR) is 149 cm³/mol. The summed E-state index contributed by atoms with van der Waals surface area (Å²) in [7, 11) is 0. The number of hydrogen-bond donors (Lipinski definition) is 3. The fourth-order valence-corrected chi connectivity index (χ4v) is 5.51. The van der Waals surface area contributed by atoms with Gasteiger partial charge < -0.3 is 10.3 Å². The monoisotopic (exact) mass is 500 g/mol. The number of nitrogens with zero attached hydrogens (tertiary/aromatic N) is 5. The first kappa shape index (κ1) is 22.7. The van der Waals surface area contributed by atoms with Crippen LogP contribution < -0.4 is 5.32 Å². The van der Waals surface area contributed by atoms with Gasteiger partial charge in [-0.1, -0.05) is 18.9 Å². The van der Waals surface area contributed by atoms with E-state index in [0.29, 0.717) is 0 Å². The zero-order chi connectivity index (χ0) is 25.3. The smallest absolute Gasteiger partial charge is 0.138 e. The van der Waals surface area contributed by atoms with Gasteiger partial charge in [0.25, 0.3) is 0 Å². The van der Waals surface area contributed by atoms with Gasteiger partial charge in [0.1, 0.15) is 16.9 Å². The number of nitrogens with one attached hydrogen (secondary N) is 3. The van der Waals surface area contributed by atoms with Crippen molar-refractivity contribution in [2.45, 2.75) is 32.2 Å². The van der Waals surface area contributed by atoms with Crippen LogP contribution in [0.2, 0.25) is 0 Å². The zero-order valence-electron chi connectivity index (χ0n) is 21.0. The van der Waals surface area contributed by atoms with Crippen LogP contribution in [-0.4, -0.2) is 41.7 Å². The minimum atomic E-state index is 0.758. The molecule has 0 bridgehead atoms. The van der Waals surface area contributed by atoms with E-state index in [4.69, 9.17) is 4.98 Å². The van der Waals surface area contributed by atoms with Gasteiger partial charge in [-0.2, -0.15) is 5.10 Å². The summed E-state index contributed by atoms with van der Waals surface area (Å²) < 4.78 is 0. The van der Waals surface area contributed by atoms with Gasteiger partial charge in [0.05, 0.1) is 22.6 Å². The third-order valence-electron chi connectivity index (χ3n) is 7.46. The molecule has 0 aromatic carbocycles. The third kappa shape index (κ3) is 4.33. The van der Waals surface area contributed by atoms with Crippen molar-refractivity contribution in [2.75, 3.05) is 6.54 Å². The third-order valence-corrected chi connectivity index (χ3v) is 7.46. The van der Waals surface area contributed by atoms with Gasteiger partial charge >= 0.3 is 0 Å². The largest absolute Gasteiger partial charge is 0.338 e. The lowest BCUT2D eigenvalue weighted by Gasteiger charge is -2.11. The van der Waals surface area contributed by atoms with E-state index in [2.05, 4.69) is 47.6 Å². The summed E-state index contributed by atoms with van der Waals surface area (Å²) in [6.45, 7) is 1.89. The number of hydrogen-bond acceptors (Lipinski definition) is 6. The standard InChI is InChI=1S/C30H28N8/c1-2-6-19(5-1)15-31-16-20-13-21(18-32-17-20)24-8-9-26-28(35-24)29(38-37-26)27-14-23-22(10-12-34-30(23)36-27)25-7-3-4-11-33-25/h3-4,7-14,17-19,31H,1-2,5-6,15-16H2,(H,34,36)(H,37,38). The van der Waals surface area contributed by atoms with E-state index in [1.54, 1.807) is 12.4 Å². The van der Waals surface area contributed by atoms with Gasteiger partial charge in [-0.15, -0.1) is 0 Å². The van der Waals surface area contributed by atoms with Gasteiger partial charge in [-0.05, 0) is 73.3 Å². The van der Waals surface area contributed by atoms with E-state index in [1.807, 2.05) is 48.8 Å². The van der Waals surface area contributed by atoms with Crippen LogP contribution in [0.4, 0.5) is 0 Å². The highest BCUT2D eigenvalue weighted by atomic mass is 15.1. The summed E-state index contributed by atoms with van der Waals surface area (Å²) in [5.41, 5.74) is 9.04. The fourth-order valence-electron chi connectivity index (χ4n) is 5.51. The molecule has 1 saturated carbocycles. The lowest BCUT2D eigenvalue weighted by atomic mass is 10.1. The second-order valence-corrected chi connectivity index (χ2v) is 10.0. The van der Waals surface area contributed by atoms with E-state index >= 15 is 0 Å². The average molecular weight is 501 g/mol. The van der Waals surface area contributed by atoms with Crippen LogP contribution in [0.1, 0.15) is 31.2 Å². The second kappa shape index (κ2) is 9.79. The quantitative estimate of drug-likeness (QED) is 0.252. The molecule has 0 aliphatic heterocycles. The molecule has 6 aromatic rings. The highest BCUT2D eigenvalue weighted by Crippen LogP contribution is 2.33. The molecular weight excluding hydrogens is 472 g/mol. The molecule has 7 rings (SSSR count). The Kier molecular flexibility index (Phi) is 5.86. The molecule has 0 radical (unpaired) electrons. The fraction of sp³-hybridized carbons (Fsp3) is 0.233.